The van der Waals surface area contributed by atoms with E-state index in [1.54, 1.807) is 24.3 Å². The van der Waals surface area contributed by atoms with Gasteiger partial charge in [-0.1, -0.05) is 12.1 Å². The zero-order chi connectivity index (χ0) is 16.2. The van der Waals surface area contributed by atoms with Crippen molar-refractivity contribution in [2.75, 3.05) is 18.6 Å². The molecule has 1 fully saturated rings. The van der Waals surface area contributed by atoms with Gasteiger partial charge in [0, 0.05) is 6.04 Å². The van der Waals surface area contributed by atoms with Gasteiger partial charge in [0.25, 0.3) is 5.91 Å². The molecule has 7 heteroatoms. The van der Waals surface area contributed by atoms with Gasteiger partial charge >= 0.3 is 0 Å². The Hall–Kier alpha value is -2.33. The molecule has 0 spiro atoms. The van der Waals surface area contributed by atoms with E-state index < -0.39 is 21.8 Å². The van der Waals surface area contributed by atoms with Gasteiger partial charge in [-0.05, 0) is 30.2 Å². The van der Waals surface area contributed by atoms with Gasteiger partial charge in [-0.2, -0.15) is 5.26 Å². The SMILES string of the molecule is COc1cccc(/C=C(/C#N)C(=O)N[C@@H]2CCS(=O)(=O)C2)c1. The van der Waals surface area contributed by atoms with Gasteiger partial charge in [0.2, 0.25) is 0 Å². The molecular weight excluding hydrogens is 304 g/mol. The van der Waals surface area contributed by atoms with Crippen LogP contribution in [0.4, 0.5) is 0 Å². The van der Waals surface area contributed by atoms with Gasteiger partial charge in [0.15, 0.2) is 9.84 Å². The minimum absolute atomic E-state index is 0.0689. The molecule has 1 heterocycles. The molecule has 0 bridgehead atoms. The second kappa shape index (κ2) is 6.62. The maximum Gasteiger partial charge on any atom is 0.262 e. The molecule has 0 radical (unpaired) electrons. The highest BCUT2D eigenvalue weighted by Crippen LogP contribution is 2.16. The second-order valence-corrected chi connectivity index (χ2v) is 7.25. The molecule has 0 unspecified atom stereocenters. The van der Waals surface area contributed by atoms with E-state index in [1.807, 2.05) is 6.07 Å². The lowest BCUT2D eigenvalue weighted by Gasteiger charge is -2.10. The Morgan fingerprint density at radius 3 is 2.86 bits per heavy atom. The number of nitriles is 1. The third-order valence-electron chi connectivity index (χ3n) is 3.34. The highest BCUT2D eigenvalue weighted by molar-refractivity contribution is 7.91. The number of hydrogen-bond acceptors (Lipinski definition) is 5. The fourth-order valence-corrected chi connectivity index (χ4v) is 3.89. The molecule has 1 atom stereocenters. The molecule has 1 amide bonds. The monoisotopic (exact) mass is 320 g/mol. The highest BCUT2D eigenvalue weighted by atomic mass is 32.2. The number of nitrogens with zero attached hydrogens (tertiary/aromatic N) is 1. The van der Waals surface area contributed by atoms with Gasteiger partial charge < -0.3 is 10.1 Å². The van der Waals surface area contributed by atoms with Gasteiger partial charge in [0.05, 0.1) is 18.6 Å². The van der Waals surface area contributed by atoms with Crippen LogP contribution in [-0.4, -0.2) is 39.0 Å². The topological polar surface area (TPSA) is 96.3 Å². The summed E-state index contributed by atoms with van der Waals surface area (Å²) in [5.41, 5.74) is 0.586. The average molecular weight is 320 g/mol. The number of nitrogens with one attached hydrogen (secondary N) is 1. The van der Waals surface area contributed by atoms with Crippen LogP contribution in [0.5, 0.6) is 5.75 Å². The Morgan fingerprint density at radius 2 is 2.27 bits per heavy atom. The summed E-state index contributed by atoms with van der Waals surface area (Å²) in [4.78, 5) is 12.1. The van der Waals surface area contributed by atoms with Gasteiger partial charge in [-0.3, -0.25) is 4.79 Å². The molecule has 1 aliphatic rings. The Balaban J connectivity index is 2.12. The van der Waals surface area contributed by atoms with E-state index in [2.05, 4.69) is 5.32 Å². The van der Waals surface area contributed by atoms with Crippen LogP contribution in [0, 0.1) is 11.3 Å². The molecule has 6 nitrogen and oxygen atoms in total. The van der Waals surface area contributed by atoms with Crippen molar-refractivity contribution in [3.05, 3.63) is 35.4 Å². The average Bonchev–Trinajstić information content (AvgIpc) is 2.83. The van der Waals surface area contributed by atoms with E-state index >= 15 is 0 Å². The zero-order valence-electron chi connectivity index (χ0n) is 12.1. The fourth-order valence-electron chi connectivity index (χ4n) is 2.22. The van der Waals surface area contributed by atoms with Crippen LogP contribution >= 0.6 is 0 Å². The first kappa shape index (κ1) is 16.0. The van der Waals surface area contributed by atoms with Gasteiger partial charge in [-0.15, -0.1) is 0 Å². The Morgan fingerprint density at radius 1 is 1.50 bits per heavy atom. The summed E-state index contributed by atoms with van der Waals surface area (Å²) in [6, 6.07) is 8.36. The molecule has 1 saturated heterocycles. The summed E-state index contributed by atoms with van der Waals surface area (Å²) in [6.45, 7) is 0. The van der Waals surface area contributed by atoms with Crippen LogP contribution < -0.4 is 10.1 Å². The number of sulfone groups is 1. The number of ether oxygens (including phenoxy) is 1. The number of amides is 1. The summed E-state index contributed by atoms with van der Waals surface area (Å²) >= 11 is 0. The van der Waals surface area contributed by atoms with E-state index in [-0.39, 0.29) is 17.1 Å². The van der Waals surface area contributed by atoms with Crippen molar-refractivity contribution in [3.8, 4) is 11.8 Å². The quantitative estimate of drug-likeness (QED) is 0.657. The van der Waals surface area contributed by atoms with Crippen LogP contribution in [0.15, 0.2) is 29.8 Å². The van der Waals surface area contributed by atoms with Crippen LogP contribution in [-0.2, 0) is 14.6 Å². The van der Waals surface area contributed by atoms with E-state index in [0.29, 0.717) is 17.7 Å². The molecule has 116 valence electrons. The number of hydrogen-bond donors (Lipinski definition) is 1. The van der Waals surface area contributed by atoms with Crippen LogP contribution in [0.3, 0.4) is 0 Å². The van der Waals surface area contributed by atoms with Gasteiger partial charge in [-0.25, -0.2) is 8.42 Å². The number of carbonyl (C=O) groups excluding carboxylic acids is 1. The van der Waals surface area contributed by atoms with Crippen molar-refractivity contribution in [2.45, 2.75) is 12.5 Å². The van der Waals surface area contributed by atoms with E-state index in [0.717, 1.165) is 0 Å². The maximum atomic E-state index is 12.1. The predicted octanol–water partition coefficient (Wildman–Crippen LogP) is 0.905. The molecule has 0 aromatic heterocycles. The number of carbonyl (C=O) groups is 1. The Bertz CT molecular complexity index is 747. The molecule has 2 rings (SSSR count). The van der Waals surface area contributed by atoms with Crippen molar-refractivity contribution < 1.29 is 17.9 Å². The molecule has 1 aliphatic heterocycles. The molecule has 1 N–H and O–H groups in total. The van der Waals surface area contributed by atoms with Gasteiger partial charge in [0.1, 0.15) is 17.4 Å². The van der Waals surface area contributed by atoms with Crippen LogP contribution in [0.1, 0.15) is 12.0 Å². The van der Waals surface area contributed by atoms with Crippen molar-refractivity contribution in [2.24, 2.45) is 0 Å². The summed E-state index contributed by atoms with van der Waals surface area (Å²) in [5, 5.41) is 11.7. The van der Waals surface area contributed by atoms with E-state index in [4.69, 9.17) is 10.00 Å². The van der Waals surface area contributed by atoms with Crippen molar-refractivity contribution in [3.63, 3.8) is 0 Å². The first-order valence-electron chi connectivity index (χ1n) is 6.70. The van der Waals surface area contributed by atoms with E-state index in [9.17, 15) is 13.2 Å². The third-order valence-corrected chi connectivity index (χ3v) is 5.11. The minimum Gasteiger partial charge on any atom is -0.497 e. The predicted molar refractivity (Wildman–Crippen MR) is 81.8 cm³/mol. The smallest absolute Gasteiger partial charge is 0.262 e. The maximum absolute atomic E-state index is 12.1. The van der Waals surface area contributed by atoms with Crippen molar-refractivity contribution in [1.82, 2.24) is 5.32 Å². The molecule has 22 heavy (non-hydrogen) atoms. The summed E-state index contributed by atoms with van der Waals surface area (Å²) in [7, 11) is -1.55. The van der Waals surface area contributed by atoms with Crippen molar-refractivity contribution in [1.29, 1.82) is 5.26 Å². The lowest BCUT2D eigenvalue weighted by atomic mass is 10.1. The largest absolute Gasteiger partial charge is 0.497 e. The third kappa shape index (κ3) is 4.09. The Kier molecular flexibility index (Phi) is 4.83. The molecule has 1 aromatic rings. The molecule has 0 aliphatic carbocycles. The first-order chi connectivity index (χ1) is 10.4. The number of benzene rings is 1. The lowest BCUT2D eigenvalue weighted by molar-refractivity contribution is -0.117. The normalized spacial score (nSPS) is 20.2. The molecule has 1 aromatic carbocycles. The second-order valence-electron chi connectivity index (χ2n) is 5.02. The summed E-state index contributed by atoms with van der Waals surface area (Å²) in [5.74, 6) is 0.0523. The first-order valence-corrected chi connectivity index (χ1v) is 8.53. The van der Waals surface area contributed by atoms with Crippen LogP contribution in [0.25, 0.3) is 6.08 Å². The number of methoxy groups -OCH3 is 1. The molecular formula is C15H16N2O4S. The minimum atomic E-state index is -3.08. The zero-order valence-corrected chi connectivity index (χ0v) is 12.9. The highest BCUT2D eigenvalue weighted by Gasteiger charge is 2.29. The van der Waals surface area contributed by atoms with Crippen molar-refractivity contribution >= 4 is 21.8 Å². The summed E-state index contributed by atoms with van der Waals surface area (Å²) < 4.78 is 27.8. The lowest BCUT2D eigenvalue weighted by Crippen LogP contribution is -2.36. The fraction of sp³-hybridized carbons (Fsp3) is 0.333. The Labute approximate surface area is 129 Å². The standard InChI is InChI=1S/C15H16N2O4S/c1-21-14-4-2-3-11(8-14)7-12(9-16)15(18)17-13-5-6-22(19,20)10-13/h2-4,7-8,13H,5-6,10H2,1H3,(H,17,18)/b12-7-/t13-/m1/s1. The van der Waals surface area contributed by atoms with E-state index in [1.165, 1.54) is 13.2 Å². The van der Waals surface area contributed by atoms with Crippen LogP contribution in [0.2, 0.25) is 0 Å². The summed E-state index contributed by atoms with van der Waals surface area (Å²) in [6.07, 6.45) is 1.83. The molecule has 0 saturated carbocycles. The number of rotatable bonds is 4.